The van der Waals surface area contributed by atoms with Gasteiger partial charge < -0.3 is 0 Å². The van der Waals surface area contributed by atoms with Gasteiger partial charge in [0.25, 0.3) is 0 Å². The van der Waals surface area contributed by atoms with Crippen molar-refractivity contribution < 1.29 is 0 Å². The molecule has 0 amide bonds. The van der Waals surface area contributed by atoms with Crippen LogP contribution in [0.1, 0.15) is 76.0 Å². The van der Waals surface area contributed by atoms with E-state index in [4.69, 9.17) is 0 Å². The Balaban J connectivity index is 3.20. The normalized spacial score (nSPS) is 11.8. The first kappa shape index (κ1) is 12.3. The van der Waals surface area contributed by atoms with Crippen LogP contribution in [0.25, 0.3) is 0 Å². The SMILES string of the molecule is CC(C)c1cc(C(C)C)cc(C(C)C)c1. The maximum atomic E-state index is 2.36. The molecule has 0 aliphatic heterocycles. The number of rotatable bonds is 3. The zero-order valence-electron chi connectivity index (χ0n) is 11.0. The van der Waals surface area contributed by atoms with Gasteiger partial charge in [0.05, 0.1) is 0 Å². The predicted molar refractivity (Wildman–Crippen MR) is 68.7 cm³/mol. The molecule has 84 valence electrons. The predicted octanol–water partition coefficient (Wildman–Crippen LogP) is 5.06. The minimum atomic E-state index is 0.626. The molecule has 0 saturated heterocycles. The number of hydrogen-bond donors (Lipinski definition) is 0. The molecule has 0 bridgehead atoms. The number of benzene rings is 1. The molecule has 15 heavy (non-hydrogen) atoms. The Morgan fingerprint density at radius 1 is 0.533 bits per heavy atom. The molecule has 0 N–H and O–H groups in total. The fraction of sp³-hybridized carbons (Fsp3) is 0.600. The summed E-state index contributed by atoms with van der Waals surface area (Å²) >= 11 is 0. The van der Waals surface area contributed by atoms with Crippen LogP contribution in [0.3, 0.4) is 0 Å². The molecule has 0 aliphatic rings. The quantitative estimate of drug-likeness (QED) is 0.646. The van der Waals surface area contributed by atoms with Crippen molar-refractivity contribution >= 4 is 0 Å². The summed E-state index contributed by atoms with van der Waals surface area (Å²) in [5.41, 5.74) is 4.43. The van der Waals surface area contributed by atoms with Gasteiger partial charge in [0, 0.05) is 0 Å². The zero-order chi connectivity index (χ0) is 11.6. The second-order valence-corrected chi connectivity index (χ2v) is 5.40. The summed E-state index contributed by atoms with van der Waals surface area (Å²) < 4.78 is 0. The average Bonchev–Trinajstić information content (AvgIpc) is 2.16. The van der Waals surface area contributed by atoms with Crippen LogP contribution in [0.5, 0.6) is 0 Å². The molecule has 0 atom stereocenters. The standard InChI is InChI=1S/C15H24/c1-10(2)13-7-14(11(3)4)9-15(8-13)12(5)6/h7-12H,1-6H3. The van der Waals surface area contributed by atoms with Gasteiger partial charge in [-0.3, -0.25) is 0 Å². The van der Waals surface area contributed by atoms with Crippen LogP contribution >= 0.6 is 0 Å². The molecule has 0 heterocycles. The van der Waals surface area contributed by atoms with E-state index in [1.54, 1.807) is 0 Å². The van der Waals surface area contributed by atoms with E-state index in [0.717, 1.165) is 0 Å². The van der Waals surface area contributed by atoms with E-state index in [0.29, 0.717) is 17.8 Å². The molecule has 0 nitrogen and oxygen atoms in total. The van der Waals surface area contributed by atoms with Gasteiger partial charge in [-0.25, -0.2) is 0 Å². The molecule has 0 radical (unpaired) electrons. The van der Waals surface area contributed by atoms with Crippen LogP contribution in [0.15, 0.2) is 18.2 Å². The van der Waals surface area contributed by atoms with Gasteiger partial charge in [-0.05, 0) is 34.4 Å². The summed E-state index contributed by atoms with van der Waals surface area (Å²) in [4.78, 5) is 0. The molecule has 0 heteroatoms. The van der Waals surface area contributed by atoms with Crippen LogP contribution in [0.2, 0.25) is 0 Å². The average molecular weight is 204 g/mol. The maximum absolute atomic E-state index is 2.36. The molecule has 0 saturated carbocycles. The smallest absolute Gasteiger partial charge is 0.0219 e. The summed E-state index contributed by atoms with van der Waals surface area (Å²) in [6.45, 7) is 13.6. The van der Waals surface area contributed by atoms with Gasteiger partial charge in [-0.1, -0.05) is 59.7 Å². The Morgan fingerprint density at radius 3 is 0.867 bits per heavy atom. The molecular formula is C15H24. The van der Waals surface area contributed by atoms with Crippen molar-refractivity contribution in [1.29, 1.82) is 0 Å². The molecule has 1 rings (SSSR count). The van der Waals surface area contributed by atoms with Crippen molar-refractivity contribution in [2.45, 2.75) is 59.3 Å². The van der Waals surface area contributed by atoms with Crippen LogP contribution in [-0.4, -0.2) is 0 Å². The fourth-order valence-electron chi connectivity index (χ4n) is 1.70. The Hall–Kier alpha value is -0.780. The largest absolute Gasteiger partial charge is 0.0587 e. The van der Waals surface area contributed by atoms with Crippen molar-refractivity contribution in [1.82, 2.24) is 0 Å². The van der Waals surface area contributed by atoms with Crippen LogP contribution in [0.4, 0.5) is 0 Å². The molecule has 1 aromatic rings. The minimum absolute atomic E-state index is 0.626. The Morgan fingerprint density at radius 2 is 0.733 bits per heavy atom. The lowest BCUT2D eigenvalue weighted by Gasteiger charge is -2.16. The van der Waals surface area contributed by atoms with E-state index in [9.17, 15) is 0 Å². The highest BCUT2D eigenvalue weighted by atomic mass is 14.1. The van der Waals surface area contributed by atoms with E-state index in [2.05, 4.69) is 59.7 Å². The topological polar surface area (TPSA) is 0 Å². The highest BCUT2D eigenvalue weighted by Crippen LogP contribution is 2.26. The molecular weight excluding hydrogens is 180 g/mol. The molecule has 1 aromatic carbocycles. The van der Waals surface area contributed by atoms with Gasteiger partial charge in [0.1, 0.15) is 0 Å². The third-order valence-electron chi connectivity index (χ3n) is 3.00. The Bertz CT molecular complexity index is 254. The van der Waals surface area contributed by atoms with Crippen molar-refractivity contribution in [3.05, 3.63) is 34.9 Å². The van der Waals surface area contributed by atoms with Crippen LogP contribution in [-0.2, 0) is 0 Å². The number of hydrogen-bond acceptors (Lipinski definition) is 0. The molecule has 0 unspecified atom stereocenters. The molecule has 0 fully saturated rings. The first-order valence-electron chi connectivity index (χ1n) is 6.06. The van der Waals surface area contributed by atoms with Crippen LogP contribution in [0, 0.1) is 0 Å². The highest BCUT2D eigenvalue weighted by molar-refractivity contribution is 5.35. The molecule has 0 aliphatic carbocycles. The highest BCUT2D eigenvalue weighted by Gasteiger charge is 2.08. The lowest BCUT2D eigenvalue weighted by atomic mass is 9.90. The molecule has 0 aromatic heterocycles. The summed E-state index contributed by atoms with van der Waals surface area (Å²) in [7, 11) is 0. The van der Waals surface area contributed by atoms with E-state index in [-0.39, 0.29) is 0 Å². The lowest BCUT2D eigenvalue weighted by Crippen LogP contribution is -1.98. The van der Waals surface area contributed by atoms with E-state index in [1.807, 2.05) is 0 Å². The van der Waals surface area contributed by atoms with E-state index in [1.165, 1.54) is 16.7 Å². The van der Waals surface area contributed by atoms with Gasteiger partial charge in [-0.15, -0.1) is 0 Å². The van der Waals surface area contributed by atoms with Crippen molar-refractivity contribution in [2.75, 3.05) is 0 Å². The van der Waals surface area contributed by atoms with Crippen molar-refractivity contribution in [2.24, 2.45) is 0 Å². The molecule has 0 spiro atoms. The van der Waals surface area contributed by atoms with Gasteiger partial charge in [0.2, 0.25) is 0 Å². The first-order valence-corrected chi connectivity index (χ1v) is 6.06. The Kier molecular flexibility index (Phi) is 3.96. The minimum Gasteiger partial charge on any atom is -0.0587 e. The third kappa shape index (κ3) is 3.09. The third-order valence-corrected chi connectivity index (χ3v) is 3.00. The van der Waals surface area contributed by atoms with Crippen LogP contribution < -0.4 is 0 Å². The summed E-state index contributed by atoms with van der Waals surface area (Å²) in [6, 6.07) is 7.09. The lowest BCUT2D eigenvalue weighted by molar-refractivity contribution is 0.804. The maximum Gasteiger partial charge on any atom is -0.0219 e. The van der Waals surface area contributed by atoms with Crippen molar-refractivity contribution in [3.63, 3.8) is 0 Å². The van der Waals surface area contributed by atoms with Gasteiger partial charge >= 0.3 is 0 Å². The van der Waals surface area contributed by atoms with Crippen molar-refractivity contribution in [3.8, 4) is 0 Å². The Labute approximate surface area is 94.7 Å². The van der Waals surface area contributed by atoms with Gasteiger partial charge in [0.15, 0.2) is 0 Å². The fourth-order valence-corrected chi connectivity index (χ4v) is 1.70. The second kappa shape index (κ2) is 4.83. The summed E-state index contributed by atoms with van der Waals surface area (Å²) in [5.74, 6) is 1.88. The summed E-state index contributed by atoms with van der Waals surface area (Å²) in [5, 5.41) is 0. The monoisotopic (exact) mass is 204 g/mol. The summed E-state index contributed by atoms with van der Waals surface area (Å²) in [6.07, 6.45) is 0. The van der Waals surface area contributed by atoms with E-state index >= 15 is 0 Å². The zero-order valence-corrected chi connectivity index (χ0v) is 11.0. The second-order valence-electron chi connectivity index (χ2n) is 5.40. The van der Waals surface area contributed by atoms with Gasteiger partial charge in [-0.2, -0.15) is 0 Å². The van der Waals surface area contributed by atoms with E-state index < -0.39 is 0 Å². The first-order chi connectivity index (χ1) is 6.91.